The Balaban J connectivity index is 2.30. The Labute approximate surface area is 120 Å². The van der Waals surface area contributed by atoms with Crippen LogP contribution in [-0.4, -0.2) is 14.6 Å². The number of fused-ring (bicyclic) bond motifs is 1. The van der Waals surface area contributed by atoms with Gasteiger partial charge in [0.25, 0.3) is 0 Å². The topological polar surface area (TPSA) is 56.2 Å². The number of hydrogen-bond acceptors (Lipinski definition) is 3. The minimum absolute atomic E-state index is 0.595. The second kappa shape index (κ2) is 4.37. The monoisotopic (exact) mass is 366 g/mol. The van der Waals surface area contributed by atoms with Crippen LogP contribution in [0.1, 0.15) is 0 Å². The van der Waals surface area contributed by atoms with Gasteiger partial charge in [-0.3, -0.25) is 4.40 Å². The molecule has 2 N–H and O–H groups in total. The summed E-state index contributed by atoms with van der Waals surface area (Å²) in [6, 6.07) is 9.72. The average molecular weight is 368 g/mol. The van der Waals surface area contributed by atoms with Crippen molar-refractivity contribution in [3.05, 3.63) is 45.5 Å². The number of nitrogens with zero attached hydrogens (tertiary/aromatic N) is 3. The van der Waals surface area contributed by atoms with E-state index in [1.165, 1.54) is 0 Å². The van der Waals surface area contributed by atoms with E-state index in [0.717, 1.165) is 20.3 Å². The van der Waals surface area contributed by atoms with Crippen LogP contribution in [0.3, 0.4) is 0 Å². The highest BCUT2D eigenvalue weighted by Crippen LogP contribution is 2.25. The molecule has 0 aliphatic heterocycles. The summed E-state index contributed by atoms with van der Waals surface area (Å²) >= 11 is 6.87. The number of halogens is 2. The van der Waals surface area contributed by atoms with Crippen LogP contribution in [0.4, 0.5) is 5.69 Å². The highest BCUT2D eigenvalue weighted by Gasteiger charge is 2.11. The molecule has 0 unspecified atom stereocenters. The summed E-state index contributed by atoms with van der Waals surface area (Å²) in [6.45, 7) is 0. The third-order valence-electron chi connectivity index (χ3n) is 2.58. The van der Waals surface area contributed by atoms with Gasteiger partial charge in [0, 0.05) is 20.7 Å². The van der Waals surface area contributed by atoms with E-state index in [4.69, 9.17) is 5.73 Å². The van der Waals surface area contributed by atoms with Gasteiger partial charge in [0.05, 0.1) is 5.69 Å². The molecule has 0 radical (unpaired) electrons. The molecule has 90 valence electrons. The normalized spacial score (nSPS) is 11.0. The van der Waals surface area contributed by atoms with Crippen molar-refractivity contribution < 1.29 is 0 Å². The summed E-state index contributed by atoms with van der Waals surface area (Å²) in [4.78, 5) is 0. The van der Waals surface area contributed by atoms with Crippen LogP contribution >= 0.6 is 31.9 Å². The van der Waals surface area contributed by atoms with Crippen molar-refractivity contribution in [1.29, 1.82) is 0 Å². The van der Waals surface area contributed by atoms with Gasteiger partial charge in [-0.05, 0) is 34.1 Å². The lowest BCUT2D eigenvalue weighted by atomic mass is 10.2. The number of benzene rings is 1. The third kappa shape index (κ3) is 1.91. The number of nitrogens with two attached hydrogens (primary N) is 1. The standard InChI is InChI=1S/C12H8Br2N4/c13-8-3-1-2-7(4-8)11-16-17-12-10(15)5-9(14)6-18(11)12/h1-6H,15H2. The molecule has 1 aromatic carbocycles. The van der Waals surface area contributed by atoms with Crippen molar-refractivity contribution in [3.8, 4) is 11.4 Å². The van der Waals surface area contributed by atoms with Gasteiger partial charge in [-0.25, -0.2) is 0 Å². The zero-order chi connectivity index (χ0) is 12.7. The zero-order valence-corrected chi connectivity index (χ0v) is 12.3. The summed E-state index contributed by atoms with van der Waals surface area (Å²) < 4.78 is 3.77. The van der Waals surface area contributed by atoms with Gasteiger partial charge in [-0.2, -0.15) is 0 Å². The van der Waals surface area contributed by atoms with E-state index in [1.807, 2.05) is 40.9 Å². The third-order valence-corrected chi connectivity index (χ3v) is 3.51. The lowest BCUT2D eigenvalue weighted by molar-refractivity contribution is 1.11. The quantitative estimate of drug-likeness (QED) is 0.716. The predicted octanol–water partition coefficient (Wildman–Crippen LogP) is 3.50. The number of pyridine rings is 1. The Bertz CT molecular complexity index is 736. The van der Waals surface area contributed by atoms with Crippen molar-refractivity contribution in [1.82, 2.24) is 14.6 Å². The van der Waals surface area contributed by atoms with E-state index < -0.39 is 0 Å². The molecule has 0 atom stereocenters. The molecular weight excluding hydrogens is 360 g/mol. The van der Waals surface area contributed by atoms with Gasteiger partial charge in [-0.1, -0.05) is 28.1 Å². The van der Waals surface area contributed by atoms with Crippen molar-refractivity contribution in [2.45, 2.75) is 0 Å². The van der Waals surface area contributed by atoms with E-state index in [-0.39, 0.29) is 0 Å². The number of hydrogen-bond donors (Lipinski definition) is 1. The molecule has 0 saturated heterocycles. The lowest BCUT2D eigenvalue weighted by Gasteiger charge is -2.03. The highest BCUT2D eigenvalue weighted by molar-refractivity contribution is 9.10. The van der Waals surface area contributed by atoms with Crippen LogP contribution < -0.4 is 5.73 Å². The maximum absolute atomic E-state index is 5.92. The summed E-state index contributed by atoms with van der Waals surface area (Å²) in [6.07, 6.45) is 1.90. The highest BCUT2D eigenvalue weighted by atomic mass is 79.9. The lowest BCUT2D eigenvalue weighted by Crippen LogP contribution is -1.94. The molecule has 2 heterocycles. The number of aromatic nitrogens is 3. The molecule has 0 fully saturated rings. The van der Waals surface area contributed by atoms with E-state index >= 15 is 0 Å². The van der Waals surface area contributed by atoms with Crippen LogP contribution in [0, 0.1) is 0 Å². The van der Waals surface area contributed by atoms with Gasteiger partial charge in [0.15, 0.2) is 11.5 Å². The Morgan fingerprint density at radius 1 is 1.06 bits per heavy atom. The fraction of sp³-hybridized carbons (Fsp3) is 0. The van der Waals surface area contributed by atoms with Gasteiger partial charge in [0.2, 0.25) is 0 Å². The van der Waals surface area contributed by atoms with E-state index in [0.29, 0.717) is 11.3 Å². The van der Waals surface area contributed by atoms with Crippen molar-refractivity contribution in [2.24, 2.45) is 0 Å². The average Bonchev–Trinajstić information content (AvgIpc) is 2.72. The number of nitrogen functional groups attached to an aromatic ring is 1. The fourth-order valence-electron chi connectivity index (χ4n) is 1.81. The van der Waals surface area contributed by atoms with Crippen LogP contribution in [0.5, 0.6) is 0 Å². The summed E-state index contributed by atoms with van der Waals surface area (Å²) in [5.41, 5.74) is 8.15. The Morgan fingerprint density at radius 2 is 1.89 bits per heavy atom. The van der Waals surface area contributed by atoms with Crippen LogP contribution in [0.15, 0.2) is 45.5 Å². The van der Waals surface area contributed by atoms with Gasteiger partial charge >= 0.3 is 0 Å². The zero-order valence-electron chi connectivity index (χ0n) is 9.14. The first-order valence-electron chi connectivity index (χ1n) is 5.21. The van der Waals surface area contributed by atoms with Crippen molar-refractivity contribution in [2.75, 3.05) is 5.73 Å². The molecule has 3 rings (SSSR count). The number of rotatable bonds is 1. The molecule has 4 nitrogen and oxygen atoms in total. The minimum atomic E-state index is 0.595. The molecule has 18 heavy (non-hydrogen) atoms. The molecule has 6 heteroatoms. The van der Waals surface area contributed by atoms with Gasteiger partial charge < -0.3 is 5.73 Å². The van der Waals surface area contributed by atoms with E-state index in [1.54, 1.807) is 0 Å². The minimum Gasteiger partial charge on any atom is -0.396 e. The molecule has 3 aromatic rings. The SMILES string of the molecule is Nc1cc(Br)cn2c(-c3cccc(Br)c3)nnc12. The van der Waals surface area contributed by atoms with Crippen molar-refractivity contribution in [3.63, 3.8) is 0 Å². The largest absolute Gasteiger partial charge is 0.396 e. The molecule has 0 amide bonds. The second-order valence-corrected chi connectivity index (χ2v) is 5.67. The molecule has 0 saturated carbocycles. The van der Waals surface area contributed by atoms with Crippen LogP contribution in [0.2, 0.25) is 0 Å². The Morgan fingerprint density at radius 3 is 2.67 bits per heavy atom. The first kappa shape index (κ1) is 11.7. The predicted molar refractivity (Wildman–Crippen MR) is 78.2 cm³/mol. The smallest absolute Gasteiger partial charge is 0.184 e. The molecule has 0 bridgehead atoms. The Hall–Kier alpha value is -1.40. The first-order valence-corrected chi connectivity index (χ1v) is 6.79. The van der Waals surface area contributed by atoms with Gasteiger partial charge in [0.1, 0.15) is 0 Å². The van der Waals surface area contributed by atoms with Crippen LogP contribution in [-0.2, 0) is 0 Å². The summed E-state index contributed by atoms with van der Waals surface area (Å²) in [5.74, 6) is 0.763. The number of anilines is 1. The Kier molecular flexibility index (Phi) is 2.83. The van der Waals surface area contributed by atoms with Crippen molar-refractivity contribution >= 4 is 43.2 Å². The first-order chi connectivity index (χ1) is 8.65. The maximum atomic E-state index is 5.92. The fourth-order valence-corrected chi connectivity index (χ4v) is 2.66. The second-order valence-electron chi connectivity index (χ2n) is 3.84. The van der Waals surface area contributed by atoms with E-state index in [2.05, 4.69) is 42.1 Å². The molecule has 2 aromatic heterocycles. The van der Waals surface area contributed by atoms with Crippen LogP contribution in [0.25, 0.3) is 17.0 Å². The maximum Gasteiger partial charge on any atom is 0.184 e. The summed E-state index contributed by atoms with van der Waals surface area (Å²) in [7, 11) is 0. The molecule has 0 spiro atoms. The van der Waals surface area contributed by atoms with E-state index in [9.17, 15) is 0 Å². The molecule has 0 aliphatic carbocycles. The van der Waals surface area contributed by atoms with Gasteiger partial charge in [-0.15, -0.1) is 10.2 Å². The molecular formula is C12H8Br2N4. The summed E-state index contributed by atoms with van der Waals surface area (Å²) in [5, 5.41) is 8.32. The molecule has 0 aliphatic rings.